The van der Waals surface area contributed by atoms with Crippen molar-refractivity contribution in [2.45, 2.75) is 77.7 Å². The van der Waals surface area contributed by atoms with Crippen molar-refractivity contribution in [2.75, 3.05) is 35.0 Å². The molecule has 0 bridgehead atoms. The van der Waals surface area contributed by atoms with Crippen LogP contribution in [0, 0.1) is 25.7 Å². The minimum atomic E-state index is -3.71. The van der Waals surface area contributed by atoms with E-state index in [1.807, 2.05) is 39.0 Å². The van der Waals surface area contributed by atoms with Crippen LogP contribution in [0.25, 0.3) is 0 Å². The number of rotatable bonds is 10. The fraction of sp³-hybridized carbons (Fsp3) is 0.643. The highest BCUT2D eigenvalue weighted by atomic mass is 32.2. The van der Waals surface area contributed by atoms with Crippen LogP contribution < -0.4 is 9.62 Å². The summed E-state index contributed by atoms with van der Waals surface area (Å²) in [7, 11) is -3.71. The van der Waals surface area contributed by atoms with Crippen molar-refractivity contribution in [3.63, 3.8) is 0 Å². The molecule has 1 saturated heterocycles. The number of nitrogens with one attached hydrogen (secondary N) is 1. The largest absolute Gasteiger partial charge is 0.338 e. The number of anilines is 2. The number of halogens is 2. The number of hydrogen-bond acceptors (Lipinski definition) is 6. The molecule has 1 N–H and O–H groups in total. The first kappa shape index (κ1) is 29.5. The highest BCUT2D eigenvalue weighted by Gasteiger charge is 2.38. The molecule has 216 valence electrons. The average molecular weight is 567 g/mol. The van der Waals surface area contributed by atoms with Gasteiger partial charge in [0.25, 0.3) is 0 Å². The van der Waals surface area contributed by atoms with Crippen LogP contribution in [0.1, 0.15) is 63.1 Å². The first-order valence-electron chi connectivity index (χ1n) is 13.8. The van der Waals surface area contributed by atoms with E-state index in [-0.39, 0.29) is 61.8 Å². The maximum Gasteiger partial charge on any atom is 0.248 e. The molecule has 1 saturated carbocycles. The summed E-state index contributed by atoms with van der Waals surface area (Å²) in [6.45, 7) is 7.51. The molecular formula is C28H40F2N4O4S. The minimum absolute atomic E-state index is 0.0507. The van der Waals surface area contributed by atoms with E-state index in [1.54, 1.807) is 12.1 Å². The molecule has 2 aromatic rings. The number of carbonyl (C=O) groups excluding carboxylic acids is 1. The molecule has 39 heavy (non-hydrogen) atoms. The fourth-order valence-electron chi connectivity index (χ4n) is 5.55. The van der Waals surface area contributed by atoms with Crippen molar-refractivity contribution in [3.05, 3.63) is 41.6 Å². The monoisotopic (exact) mass is 566 g/mol. The van der Waals surface area contributed by atoms with Crippen molar-refractivity contribution in [1.82, 2.24) is 10.1 Å². The Bertz CT molecular complexity index is 1200. The van der Waals surface area contributed by atoms with Crippen molar-refractivity contribution < 1.29 is 26.5 Å². The standard InChI is InChI=1S/C28H40F2N4O4S/c1-20(33-15-11-23(12-16-33)17-26(35)31-27-21(2)22(3)32-38-27)18-34(25-7-5-4-6-8-25)39(36,37)19-24-9-13-28(29,30)14-10-24/h4-8,20,23-24H,9-19H2,1-3H3,(H,31,35)/t20-/m1/s1. The summed E-state index contributed by atoms with van der Waals surface area (Å²) < 4.78 is 61.1. The molecule has 0 unspecified atom stereocenters. The number of carbonyl (C=O) groups is 1. The third-order valence-corrected chi connectivity index (χ3v) is 10.2. The third kappa shape index (κ3) is 7.78. The summed E-state index contributed by atoms with van der Waals surface area (Å²) in [6, 6.07) is 8.96. The first-order chi connectivity index (χ1) is 18.4. The van der Waals surface area contributed by atoms with Crippen LogP contribution in [0.2, 0.25) is 0 Å². The second kappa shape index (κ2) is 12.3. The number of nitrogens with zero attached hydrogens (tertiary/aromatic N) is 3. The Balaban J connectivity index is 1.33. The van der Waals surface area contributed by atoms with E-state index in [1.165, 1.54) is 4.31 Å². The predicted octanol–water partition coefficient (Wildman–Crippen LogP) is 5.38. The summed E-state index contributed by atoms with van der Waals surface area (Å²) in [4.78, 5) is 14.8. The van der Waals surface area contributed by atoms with Crippen LogP contribution in [0.15, 0.2) is 34.9 Å². The Morgan fingerprint density at radius 2 is 1.77 bits per heavy atom. The van der Waals surface area contributed by atoms with Gasteiger partial charge in [-0.1, -0.05) is 23.4 Å². The van der Waals surface area contributed by atoms with E-state index < -0.39 is 15.9 Å². The molecule has 2 heterocycles. The maximum absolute atomic E-state index is 13.6. The van der Waals surface area contributed by atoms with E-state index in [9.17, 15) is 22.0 Å². The van der Waals surface area contributed by atoms with Gasteiger partial charge in [-0.25, -0.2) is 17.2 Å². The second-order valence-corrected chi connectivity index (χ2v) is 13.2. The number of sulfonamides is 1. The van der Waals surface area contributed by atoms with E-state index in [0.29, 0.717) is 18.0 Å². The molecule has 0 spiro atoms. The molecule has 11 heteroatoms. The predicted molar refractivity (Wildman–Crippen MR) is 147 cm³/mol. The van der Waals surface area contributed by atoms with E-state index in [4.69, 9.17) is 4.52 Å². The fourth-order valence-corrected chi connectivity index (χ4v) is 7.55. The van der Waals surface area contributed by atoms with Gasteiger partial charge in [0.05, 0.1) is 17.1 Å². The zero-order valence-corrected chi connectivity index (χ0v) is 23.9. The topological polar surface area (TPSA) is 95.8 Å². The van der Waals surface area contributed by atoms with Gasteiger partial charge in [0.1, 0.15) is 0 Å². The number of hydrogen-bond donors (Lipinski definition) is 1. The molecule has 1 aromatic heterocycles. The SMILES string of the molecule is Cc1noc(NC(=O)CC2CCN([C@H](C)CN(c3ccccc3)S(=O)(=O)CC3CCC(F)(F)CC3)CC2)c1C. The maximum atomic E-state index is 13.6. The molecule has 1 aliphatic carbocycles. The van der Waals surface area contributed by atoms with Gasteiger partial charge in [-0.2, -0.15) is 0 Å². The molecule has 2 fully saturated rings. The van der Waals surface area contributed by atoms with Gasteiger partial charge < -0.3 is 4.52 Å². The molecule has 0 radical (unpaired) electrons. The molecular weight excluding hydrogens is 526 g/mol. The Hall–Kier alpha value is -2.53. The number of benzene rings is 1. The normalized spacial score (nSPS) is 20.0. The number of para-hydroxylation sites is 1. The summed E-state index contributed by atoms with van der Waals surface area (Å²) in [5, 5.41) is 6.69. The Labute approximate surface area is 230 Å². The number of amides is 1. The average Bonchev–Trinajstić information content (AvgIpc) is 3.21. The smallest absolute Gasteiger partial charge is 0.248 e. The van der Waals surface area contributed by atoms with Gasteiger partial charge in [-0.05, 0) is 83.5 Å². The minimum Gasteiger partial charge on any atom is -0.338 e. The summed E-state index contributed by atoms with van der Waals surface area (Å²) in [5.41, 5.74) is 2.17. The first-order valence-corrected chi connectivity index (χ1v) is 15.4. The number of aromatic nitrogens is 1. The molecule has 1 aliphatic heterocycles. The number of likely N-dealkylation sites (tertiary alicyclic amines) is 1. The van der Waals surface area contributed by atoms with Gasteiger partial charge in [0.15, 0.2) is 0 Å². The molecule has 1 atom stereocenters. The van der Waals surface area contributed by atoms with Gasteiger partial charge in [0, 0.05) is 37.4 Å². The summed E-state index contributed by atoms with van der Waals surface area (Å²) in [5.74, 6) is -2.53. The second-order valence-electron chi connectivity index (χ2n) is 11.2. The summed E-state index contributed by atoms with van der Waals surface area (Å²) in [6.07, 6.45) is 2.01. The van der Waals surface area contributed by atoms with E-state index in [0.717, 1.165) is 37.2 Å². The molecule has 4 rings (SSSR count). The molecule has 8 nitrogen and oxygen atoms in total. The highest BCUT2D eigenvalue weighted by Crippen LogP contribution is 2.37. The number of aryl methyl sites for hydroxylation is 1. The molecule has 1 aromatic carbocycles. The van der Waals surface area contributed by atoms with E-state index in [2.05, 4.69) is 15.4 Å². The lowest BCUT2D eigenvalue weighted by atomic mass is 9.88. The number of alkyl halides is 2. The summed E-state index contributed by atoms with van der Waals surface area (Å²) >= 11 is 0. The van der Waals surface area contributed by atoms with Crippen LogP contribution >= 0.6 is 0 Å². The Kier molecular flexibility index (Phi) is 9.31. The van der Waals surface area contributed by atoms with Crippen LogP contribution in [0.4, 0.5) is 20.4 Å². The van der Waals surface area contributed by atoms with Gasteiger partial charge in [0.2, 0.25) is 27.7 Å². The van der Waals surface area contributed by atoms with Gasteiger partial charge in [-0.15, -0.1) is 0 Å². The van der Waals surface area contributed by atoms with Crippen molar-refractivity contribution in [2.24, 2.45) is 11.8 Å². The quantitative estimate of drug-likeness (QED) is 0.415. The van der Waals surface area contributed by atoms with Gasteiger partial charge >= 0.3 is 0 Å². The highest BCUT2D eigenvalue weighted by molar-refractivity contribution is 7.92. The zero-order valence-electron chi connectivity index (χ0n) is 23.0. The lowest BCUT2D eigenvalue weighted by molar-refractivity contribution is -0.117. The van der Waals surface area contributed by atoms with Crippen LogP contribution in [-0.4, -0.2) is 61.7 Å². The third-order valence-electron chi connectivity index (χ3n) is 8.25. The van der Waals surface area contributed by atoms with Crippen LogP contribution in [-0.2, 0) is 14.8 Å². The number of piperidine rings is 1. The van der Waals surface area contributed by atoms with Crippen molar-refractivity contribution >= 4 is 27.5 Å². The van der Waals surface area contributed by atoms with Crippen LogP contribution in [0.3, 0.4) is 0 Å². The Morgan fingerprint density at radius 3 is 2.36 bits per heavy atom. The lowest BCUT2D eigenvalue weighted by Crippen LogP contribution is -2.48. The van der Waals surface area contributed by atoms with E-state index >= 15 is 0 Å². The lowest BCUT2D eigenvalue weighted by Gasteiger charge is -2.38. The van der Waals surface area contributed by atoms with Gasteiger partial charge in [-0.3, -0.25) is 19.3 Å². The Morgan fingerprint density at radius 1 is 1.13 bits per heavy atom. The van der Waals surface area contributed by atoms with Crippen molar-refractivity contribution in [1.29, 1.82) is 0 Å². The van der Waals surface area contributed by atoms with Crippen molar-refractivity contribution in [3.8, 4) is 0 Å². The van der Waals surface area contributed by atoms with Crippen LogP contribution in [0.5, 0.6) is 0 Å². The molecule has 2 aliphatic rings. The molecule has 1 amide bonds. The zero-order chi connectivity index (χ0) is 28.2.